The van der Waals surface area contributed by atoms with Gasteiger partial charge in [0, 0.05) is 17.3 Å². The summed E-state index contributed by atoms with van der Waals surface area (Å²) in [6, 6.07) is 5.20. The SMILES string of the molecule is Cc1ccc(NC(=O)N2CCCCC2CO)cc1Cl. The van der Waals surface area contributed by atoms with Crippen LogP contribution in [0.2, 0.25) is 5.02 Å². The molecule has 0 saturated carbocycles. The van der Waals surface area contributed by atoms with Gasteiger partial charge in [0.15, 0.2) is 0 Å². The molecule has 104 valence electrons. The fraction of sp³-hybridized carbons (Fsp3) is 0.500. The second-order valence-corrected chi connectivity index (χ2v) is 5.33. The molecule has 1 aromatic rings. The Morgan fingerprint density at radius 1 is 1.53 bits per heavy atom. The predicted octanol–water partition coefficient (Wildman–Crippen LogP) is 3.03. The van der Waals surface area contributed by atoms with E-state index in [1.54, 1.807) is 11.0 Å². The Kier molecular flexibility index (Phi) is 4.66. The molecule has 0 aliphatic carbocycles. The van der Waals surface area contributed by atoms with E-state index in [2.05, 4.69) is 5.32 Å². The van der Waals surface area contributed by atoms with E-state index in [-0.39, 0.29) is 18.7 Å². The number of aryl methyl sites for hydroxylation is 1. The van der Waals surface area contributed by atoms with Crippen LogP contribution in [0.4, 0.5) is 10.5 Å². The first-order chi connectivity index (χ1) is 9.11. The third-order valence-electron chi connectivity index (χ3n) is 3.52. The molecule has 19 heavy (non-hydrogen) atoms. The minimum atomic E-state index is -0.168. The fourth-order valence-corrected chi connectivity index (χ4v) is 2.50. The number of amides is 2. The summed E-state index contributed by atoms with van der Waals surface area (Å²) in [5, 5.41) is 12.8. The number of piperidine rings is 1. The lowest BCUT2D eigenvalue weighted by molar-refractivity contribution is 0.115. The van der Waals surface area contributed by atoms with E-state index in [4.69, 9.17) is 11.6 Å². The van der Waals surface area contributed by atoms with Gasteiger partial charge in [-0.3, -0.25) is 0 Å². The largest absolute Gasteiger partial charge is 0.394 e. The van der Waals surface area contributed by atoms with Crippen molar-refractivity contribution in [3.63, 3.8) is 0 Å². The predicted molar refractivity (Wildman–Crippen MR) is 76.6 cm³/mol. The number of rotatable bonds is 2. The highest BCUT2D eigenvalue weighted by molar-refractivity contribution is 6.31. The Balaban J connectivity index is 2.05. The monoisotopic (exact) mass is 282 g/mol. The highest BCUT2D eigenvalue weighted by atomic mass is 35.5. The second kappa shape index (κ2) is 6.26. The maximum atomic E-state index is 12.2. The smallest absolute Gasteiger partial charge is 0.322 e. The van der Waals surface area contributed by atoms with Crippen LogP contribution in [0, 0.1) is 6.92 Å². The number of carbonyl (C=O) groups excluding carboxylic acids is 1. The lowest BCUT2D eigenvalue weighted by atomic mass is 10.0. The van der Waals surface area contributed by atoms with E-state index in [0.717, 1.165) is 24.8 Å². The average molecular weight is 283 g/mol. The van der Waals surface area contributed by atoms with Crippen LogP contribution in [0.25, 0.3) is 0 Å². The van der Waals surface area contributed by atoms with Crippen LogP contribution in [-0.2, 0) is 0 Å². The molecule has 1 atom stereocenters. The van der Waals surface area contributed by atoms with Crippen LogP contribution < -0.4 is 5.32 Å². The van der Waals surface area contributed by atoms with E-state index in [1.165, 1.54) is 0 Å². The summed E-state index contributed by atoms with van der Waals surface area (Å²) in [5.74, 6) is 0. The Morgan fingerprint density at radius 2 is 2.32 bits per heavy atom. The van der Waals surface area contributed by atoms with Crippen molar-refractivity contribution in [3.05, 3.63) is 28.8 Å². The Hall–Kier alpha value is -1.26. The zero-order valence-electron chi connectivity index (χ0n) is 11.0. The first-order valence-corrected chi connectivity index (χ1v) is 6.94. The first kappa shape index (κ1) is 14.2. The molecule has 0 bridgehead atoms. The molecule has 1 aliphatic rings. The van der Waals surface area contributed by atoms with Gasteiger partial charge in [-0.15, -0.1) is 0 Å². The lowest BCUT2D eigenvalue weighted by Gasteiger charge is -2.34. The third-order valence-corrected chi connectivity index (χ3v) is 3.93. The number of carbonyl (C=O) groups is 1. The molecule has 2 rings (SSSR count). The zero-order valence-corrected chi connectivity index (χ0v) is 11.8. The van der Waals surface area contributed by atoms with E-state index < -0.39 is 0 Å². The first-order valence-electron chi connectivity index (χ1n) is 6.56. The summed E-state index contributed by atoms with van der Waals surface area (Å²) in [4.78, 5) is 13.9. The molecule has 2 N–H and O–H groups in total. The molecule has 1 aliphatic heterocycles. The number of hydrogen-bond donors (Lipinski definition) is 2. The van der Waals surface area contributed by atoms with Crippen molar-refractivity contribution in [1.29, 1.82) is 0 Å². The van der Waals surface area contributed by atoms with Gasteiger partial charge in [0.1, 0.15) is 0 Å². The summed E-state index contributed by atoms with van der Waals surface area (Å²) in [5.41, 5.74) is 1.66. The number of urea groups is 1. The van der Waals surface area contributed by atoms with Crippen LogP contribution in [0.3, 0.4) is 0 Å². The molecule has 5 heteroatoms. The number of aliphatic hydroxyl groups is 1. The molecule has 0 radical (unpaired) electrons. The minimum Gasteiger partial charge on any atom is -0.394 e. The van der Waals surface area contributed by atoms with Gasteiger partial charge in [-0.25, -0.2) is 4.79 Å². The number of hydrogen-bond acceptors (Lipinski definition) is 2. The van der Waals surface area contributed by atoms with Crippen molar-refractivity contribution in [2.24, 2.45) is 0 Å². The summed E-state index contributed by atoms with van der Waals surface area (Å²) in [6.45, 7) is 2.62. The van der Waals surface area contributed by atoms with Crippen LogP contribution in [0.1, 0.15) is 24.8 Å². The minimum absolute atomic E-state index is 0.0159. The second-order valence-electron chi connectivity index (χ2n) is 4.92. The Morgan fingerprint density at radius 3 is 3.00 bits per heavy atom. The number of likely N-dealkylation sites (tertiary alicyclic amines) is 1. The van der Waals surface area contributed by atoms with Gasteiger partial charge in [0.25, 0.3) is 0 Å². The van der Waals surface area contributed by atoms with E-state index >= 15 is 0 Å². The number of nitrogens with zero attached hydrogens (tertiary/aromatic N) is 1. The number of anilines is 1. The summed E-state index contributed by atoms with van der Waals surface area (Å²) >= 11 is 6.03. The molecule has 1 saturated heterocycles. The van der Waals surface area contributed by atoms with Crippen LogP contribution in [0.15, 0.2) is 18.2 Å². The molecule has 0 spiro atoms. The number of aliphatic hydroxyl groups excluding tert-OH is 1. The van der Waals surface area contributed by atoms with Gasteiger partial charge in [0.2, 0.25) is 0 Å². The standard InChI is InChI=1S/C14H19ClN2O2/c1-10-5-6-11(8-13(10)15)16-14(19)17-7-3-2-4-12(17)9-18/h5-6,8,12,18H,2-4,7,9H2,1H3,(H,16,19). The van der Waals surface area contributed by atoms with Crippen molar-refractivity contribution >= 4 is 23.3 Å². The molecule has 1 fully saturated rings. The maximum absolute atomic E-state index is 12.2. The Labute approximate surface area is 118 Å². The van der Waals surface area contributed by atoms with Crippen molar-refractivity contribution in [2.75, 3.05) is 18.5 Å². The number of benzene rings is 1. The van der Waals surface area contributed by atoms with Gasteiger partial charge < -0.3 is 15.3 Å². The fourth-order valence-electron chi connectivity index (χ4n) is 2.32. The van der Waals surface area contributed by atoms with E-state index in [1.807, 2.05) is 19.1 Å². The maximum Gasteiger partial charge on any atom is 0.322 e. The van der Waals surface area contributed by atoms with E-state index in [0.29, 0.717) is 17.3 Å². The van der Waals surface area contributed by atoms with Crippen LogP contribution in [-0.4, -0.2) is 35.2 Å². The Bertz CT molecular complexity index is 465. The van der Waals surface area contributed by atoms with Crippen molar-refractivity contribution < 1.29 is 9.90 Å². The van der Waals surface area contributed by atoms with Crippen molar-refractivity contribution in [1.82, 2.24) is 4.90 Å². The third kappa shape index (κ3) is 3.39. The van der Waals surface area contributed by atoms with Gasteiger partial charge in [-0.05, 0) is 43.9 Å². The molecule has 1 aromatic carbocycles. The quantitative estimate of drug-likeness (QED) is 0.876. The molecule has 2 amide bonds. The average Bonchev–Trinajstić information content (AvgIpc) is 2.43. The van der Waals surface area contributed by atoms with Gasteiger partial charge in [-0.1, -0.05) is 17.7 Å². The van der Waals surface area contributed by atoms with Gasteiger partial charge >= 0.3 is 6.03 Å². The lowest BCUT2D eigenvalue weighted by Crippen LogP contribution is -2.47. The number of nitrogens with one attached hydrogen (secondary N) is 1. The molecule has 4 nitrogen and oxygen atoms in total. The summed E-state index contributed by atoms with van der Waals surface area (Å²) in [7, 11) is 0. The van der Waals surface area contributed by atoms with Crippen LogP contribution in [0.5, 0.6) is 0 Å². The molecular weight excluding hydrogens is 264 g/mol. The summed E-state index contributed by atoms with van der Waals surface area (Å²) < 4.78 is 0. The molecule has 1 heterocycles. The topological polar surface area (TPSA) is 52.6 Å². The summed E-state index contributed by atoms with van der Waals surface area (Å²) in [6.07, 6.45) is 2.91. The van der Waals surface area contributed by atoms with Gasteiger partial charge in [0.05, 0.1) is 12.6 Å². The highest BCUT2D eigenvalue weighted by Crippen LogP contribution is 2.22. The molecular formula is C14H19ClN2O2. The molecule has 0 aromatic heterocycles. The van der Waals surface area contributed by atoms with Crippen molar-refractivity contribution in [3.8, 4) is 0 Å². The zero-order chi connectivity index (χ0) is 13.8. The van der Waals surface area contributed by atoms with Crippen molar-refractivity contribution in [2.45, 2.75) is 32.2 Å². The van der Waals surface area contributed by atoms with E-state index in [9.17, 15) is 9.90 Å². The number of halogens is 1. The van der Waals surface area contributed by atoms with Crippen LogP contribution >= 0.6 is 11.6 Å². The molecule has 1 unspecified atom stereocenters. The van der Waals surface area contributed by atoms with Gasteiger partial charge in [-0.2, -0.15) is 0 Å². The normalized spacial score (nSPS) is 19.3. The highest BCUT2D eigenvalue weighted by Gasteiger charge is 2.26.